The van der Waals surface area contributed by atoms with E-state index in [1.165, 1.54) is 39.3 Å². The number of hydrogen-bond donors (Lipinski definition) is 0. The Labute approximate surface area is 194 Å². The van der Waals surface area contributed by atoms with E-state index in [0.717, 1.165) is 0 Å². The van der Waals surface area contributed by atoms with Crippen molar-refractivity contribution in [3.63, 3.8) is 0 Å². The second-order valence-electron chi connectivity index (χ2n) is 8.16. The first-order chi connectivity index (χ1) is 15.3. The van der Waals surface area contributed by atoms with E-state index in [-0.39, 0.29) is 21.4 Å². The van der Waals surface area contributed by atoms with Crippen molar-refractivity contribution in [2.45, 2.75) is 18.7 Å². The van der Waals surface area contributed by atoms with E-state index < -0.39 is 10.0 Å². The number of hydrogen-bond acceptors (Lipinski definition) is 5. The largest absolute Gasteiger partial charge is 0.379 e. The number of benzene rings is 2. The summed E-state index contributed by atoms with van der Waals surface area (Å²) in [7, 11) is -3.70. The van der Waals surface area contributed by atoms with Crippen LogP contribution in [0.15, 0.2) is 41.3 Å². The summed E-state index contributed by atoms with van der Waals surface area (Å²) < 4.78 is 32.6. The van der Waals surface area contributed by atoms with Gasteiger partial charge in [0.25, 0.3) is 5.91 Å². The monoisotopic (exact) mass is 477 g/mol. The number of amides is 1. The molecule has 172 valence electrons. The summed E-state index contributed by atoms with van der Waals surface area (Å²) in [6, 6.07) is 10.6. The Kier molecular flexibility index (Phi) is 6.76. The van der Waals surface area contributed by atoms with E-state index >= 15 is 0 Å². The zero-order chi connectivity index (χ0) is 22.9. The van der Waals surface area contributed by atoms with Crippen LogP contribution in [0, 0.1) is 13.8 Å². The molecule has 0 N–H and O–H groups in total. The Morgan fingerprint density at radius 2 is 1.66 bits per heavy atom. The van der Waals surface area contributed by atoms with Crippen molar-refractivity contribution in [2.24, 2.45) is 0 Å². The molecule has 1 amide bonds. The predicted molar refractivity (Wildman–Crippen MR) is 125 cm³/mol. The molecule has 2 heterocycles. The van der Waals surface area contributed by atoms with Crippen LogP contribution < -0.4 is 4.90 Å². The number of aryl methyl sites for hydroxylation is 1. The molecule has 32 heavy (non-hydrogen) atoms. The maximum Gasteiger partial charge on any atom is 0.255 e. The molecule has 2 aliphatic rings. The molecule has 2 aromatic carbocycles. The summed E-state index contributed by atoms with van der Waals surface area (Å²) in [5.74, 6) is -0.241. The lowest BCUT2D eigenvalue weighted by atomic mass is 10.1. The van der Waals surface area contributed by atoms with Gasteiger partial charge in [-0.2, -0.15) is 4.31 Å². The van der Waals surface area contributed by atoms with Crippen LogP contribution >= 0.6 is 11.6 Å². The minimum Gasteiger partial charge on any atom is -0.379 e. The zero-order valence-corrected chi connectivity index (χ0v) is 20.0. The van der Waals surface area contributed by atoms with Crippen LogP contribution in [0.25, 0.3) is 0 Å². The van der Waals surface area contributed by atoms with Crippen LogP contribution in [-0.4, -0.2) is 76.0 Å². The van der Waals surface area contributed by atoms with Gasteiger partial charge in [-0.05, 0) is 49.2 Å². The fourth-order valence-electron chi connectivity index (χ4n) is 4.16. The lowest BCUT2D eigenvalue weighted by Crippen LogP contribution is -2.49. The van der Waals surface area contributed by atoms with Crippen LogP contribution in [0.1, 0.15) is 21.5 Å². The number of anilines is 1. The molecule has 0 radical (unpaired) electrons. The van der Waals surface area contributed by atoms with E-state index in [1.54, 1.807) is 4.90 Å². The topological polar surface area (TPSA) is 70.2 Å². The molecule has 0 aromatic heterocycles. The molecule has 2 aromatic rings. The maximum atomic E-state index is 13.2. The van der Waals surface area contributed by atoms with Crippen molar-refractivity contribution in [1.29, 1.82) is 0 Å². The number of sulfonamides is 1. The Bertz CT molecular complexity index is 1110. The summed E-state index contributed by atoms with van der Waals surface area (Å²) in [5.41, 5.74) is 3.90. The molecule has 2 fully saturated rings. The number of piperazine rings is 1. The third-order valence-corrected chi connectivity index (χ3v) is 8.48. The molecule has 0 aliphatic carbocycles. The van der Waals surface area contributed by atoms with Crippen molar-refractivity contribution in [2.75, 3.05) is 57.4 Å². The first-order valence-electron chi connectivity index (χ1n) is 10.8. The second-order valence-corrected chi connectivity index (χ2v) is 10.5. The summed E-state index contributed by atoms with van der Waals surface area (Å²) >= 11 is 6.32. The van der Waals surface area contributed by atoms with Crippen LogP contribution in [0.4, 0.5) is 5.69 Å². The van der Waals surface area contributed by atoms with Gasteiger partial charge in [0.15, 0.2) is 0 Å². The van der Waals surface area contributed by atoms with Crippen LogP contribution in [-0.2, 0) is 14.8 Å². The van der Waals surface area contributed by atoms with Crippen molar-refractivity contribution in [1.82, 2.24) is 9.21 Å². The van der Waals surface area contributed by atoms with E-state index in [0.29, 0.717) is 52.5 Å². The van der Waals surface area contributed by atoms with Crippen LogP contribution in [0.2, 0.25) is 5.02 Å². The Morgan fingerprint density at radius 3 is 2.34 bits per heavy atom. The minimum absolute atomic E-state index is 0.0844. The molecule has 0 atom stereocenters. The van der Waals surface area contributed by atoms with Crippen molar-refractivity contribution in [3.8, 4) is 0 Å². The normalized spacial score (nSPS) is 18.1. The van der Waals surface area contributed by atoms with Crippen molar-refractivity contribution < 1.29 is 17.9 Å². The highest BCUT2D eigenvalue weighted by Crippen LogP contribution is 2.27. The minimum atomic E-state index is -3.70. The summed E-state index contributed by atoms with van der Waals surface area (Å²) in [6.45, 7) is 8.04. The molecule has 4 rings (SSSR count). The smallest absolute Gasteiger partial charge is 0.255 e. The summed E-state index contributed by atoms with van der Waals surface area (Å²) in [5, 5.41) is 0.257. The van der Waals surface area contributed by atoms with Gasteiger partial charge in [0, 0.05) is 45.0 Å². The van der Waals surface area contributed by atoms with E-state index in [1.807, 2.05) is 0 Å². The SMILES string of the molecule is Cc1cccc(N2CCN(C(=O)c3cc(S(=O)(=O)N4CCOCC4)ccc3Cl)CC2)c1C. The first kappa shape index (κ1) is 23.0. The highest BCUT2D eigenvalue weighted by Gasteiger charge is 2.29. The zero-order valence-electron chi connectivity index (χ0n) is 18.4. The maximum absolute atomic E-state index is 13.2. The second kappa shape index (κ2) is 9.39. The number of halogens is 1. The van der Waals surface area contributed by atoms with Gasteiger partial charge < -0.3 is 14.5 Å². The average molecular weight is 478 g/mol. The molecular weight excluding hydrogens is 450 g/mol. The molecule has 0 spiro atoms. The highest BCUT2D eigenvalue weighted by molar-refractivity contribution is 7.89. The Hall–Kier alpha value is -2.13. The fraction of sp³-hybridized carbons (Fsp3) is 0.435. The van der Waals surface area contributed by atoms with Gasteiger partial charge in [0.05, 0.1) is 28.7 Å². The van der Waals surface area contributed by atoms with E-state index in [4.69, 9.17) is 16.3 Å². The number of ether oxygens (including phenoxy) is 1. The van der Waals surface area contributed by atoms with Gasteiger partial charge >= 0.3 is 0 Å². The fourth-order valence-corrected chi connectivity index (χ4v) is 5.80. The molecule has 0 saturated carbocycles. The average Bonchev–Trinajstić information content (AvgIpc) is 2.81. The van der Waals surface area contributed by atoms with Gasteiger partial charge in [-0.15, -0.1) is 0 Å². The molecule has 9 heteroatoms. The van der Waals surface area contributed by atoms with Gasteiger partial charge in [0.2, 0.25) is 10.0 Å². The highest BCUT2D eigenvalue weighted by atomic mass is 35.5. The van der Waals surface area contributed by atoms with Gasteiger partial charge in [0.1, 0.15) is 0 Å². The number of nitrogens with zero attached hydrogens (tertiary/aromatic N) is 3. The van der Waals surface area contributed by atoms with E-state index in [2.05, 4.69) is 36.9 Å². The molecule has 2 saturated heterocycles. The lowest BCUT2D eigenvalue weighted by molar-refractivity contribution is 0.0729. The molecule has 2 aliphatic heterocycles. The summed E-state index contributed by atoms with van der Waals surface area (Å²) in [6.07, 6.45) is 0. The van der Waals surface area contributed by atoms with E-state index in [9.17, 15) is 13.2 Å². The van der Waals surface area contributed by atoms with Crippen molar-refractivity contribution in [3.05, 3.63) is 58.1 Å². The summed E-state index contributed by atoms with van der Waals surface area (Å²) in [4.78, 5) is 17.3. The van der Waals surface area contributed by atoms with Crippen molar-refractivity contribution >= 4 is 33.2 Å². The standard InChI is InChI=1S/C23H28ClN3O4S/c1-17-4-3-5-22(18(17)2)25-8-10-26(11-9-25)23(28)20-16-19(6-7-21(20)24)32(29,30)27-12-14-31-15-13-27/h3-7,16H,8-15H2,1-2H3. The third kappa shape index (κ3) is 4.50. The number of carbonyl (C=O) groups is 1. The first-order valence-corrected chi connectivity index (χ1v) is 12.6. The molecule has 7 nitrogen and oxygen atoms in total. The third-order valence-electron chi connectivity index (χ3n) is 6.26. The number of morpholine rings is 1. The van der Waals surface area contributed by atoms with Gasteiger partial charge in [-0.1, -0.05) is 23.7 Å². The number of rotatable bonds is 4. The number of carbonyl (C=O) groups excluding carboxylic acids is 1. The quantitative estimate of drug-likeness (QED) is 0.677. The molecule has 0 unspecified atom stereocenters. The molecular formula is C23H28ClN3O4S. The predicted octanol–water partition coefficient (Wildman–Crippen LogP) is 2.94. The Balaban J connectivity index is 1.50. The van der Waals surface area contributed by atoms with Crippen LogP contribution in [0.3, 0.4) is 0 Å². The van der Waals surface area contributed by atoms with Gasteiger partial charge in [-0.25, -0.2) is 8.42 Å². The molecule has 0 bridgehead atoms. The Morgan fingerprint density at radius 1 is 0.969 bits per heavy atom. The van der Waals surface area contributed by atoms with Gasteiger partial charge in [-0.3, -0.25) is 4.79 Å². The van der Waals surface area contributed by atoms with Crippen LogP contribution in [0.5, 0.6) is 0 Å². The lowest BCUT2D eigenvalue weighted by Gasteiger charge is -2.37.